The second kappa shape index (κ2) is 5.20. The Bertz CT molecular complexity index is 445. The summed E-state index contributed by atoms with van der Waals surface area (Å²) >= 11 is 0. The summed E-state index contributed by atoms with van der Waals surface area (Å²) in [6.45, 7) is 0.0431. The maximum absolute atomic E-state index is 11.5. The Labute approximate surface area is 99.6 Å². The second-order valence-corrected chi connectivity index (χ2v) is 3.68. The van der Waals surface area contributed by atoms with Crippen LogP contribution in [0, 0.1) is 0 Å². The number of carbonyl (C=O) groups excluding carboxylic acids is 2. The molecule has 1 rings (SSSR count). The Balaban J connectivity index is 3.05. The molecule has 17 heavy (non-hydrogen) atoms. The molecule has 0 aromatic heterocycles. The topological polar surface area (TPSA) is 101 Å². The number of primary amides is 1. The number of carbonyl (C=O) groups is 2. The molecule has 1 aromatic carbocycles. The lowest BCUT2D eigenvalue weighted by Gasteiger charge is -2.20. The fourth-order valence-electron chi connectivity index (χ4n) is 1.48. The van der Waals surface area contributed by atoms with Crippen molar-refractivity contribution in [3.05, 3.63) is 23.8 Å². The minimum atomic E-state index is -0.461. The van der Waals surface area contributed by atoms with Crippen molar-refractivity contribution in [1.29, 1.82) is 0 Å². The van der Waals surface area contributed by atoms with Crippen LogP contribution in [-0.4, -0.2) is 32.5 Å². The van der Waals surface area contributed by atoms with E-state index in [2.05, 4.69) is 5.32 Å². The lowest BCUT2D eigenvalue weighted by molar-refractivity contribution is -0.116. The summed E-state index contributed by atoms with van der Waals surface area (Å²) in [6.07, 6.45) is 0. The number of nitrogens with one attached hydrogen (secondary N) is 1. The highest BCUT2D eigenvalue weighted by atomic mass is 16.2. The molecule has 0 saturated heterocycles. The molecule has 0 fully saturated rings. The quantitative estimate of drug-likeness (QED) is 0.616. The predicted octanol–water partition coefficient (Wildman–Crippen LogP) is -0.450. The van der Waals surface area contributed by atoms with E-state index in [4.69, 9.17) is 11.5 Å². The lowest BCUT2D eigenvalue weighted by atomic mass is 10.1. The van der Waals surface area contributed by atoms with Gasteiger partial charge in [-0.15, -0.1) is 0 Å². The highest BCUT2D eigenvalue weighted by Crippen LogP contribution is 2.23. The zero-order valence-electron chi connectivity index (χ0n) is 9.86. The molecule has 0 atom stereocenters. The summed E-state index contributed by atoms with van der Waals surface area (Å²) in [5.41, 5.74) is 12.5. The maximum atomic E-state index is 11.5. The van der Waals surface area contributed by atoms with Gasteiger partial charge in [-0.25, -0.2) is 0 Å². The fourth-order valence-corrected chi connectivity index (χ4v) is 1.48. The van der Waals surface area contributed by atoms with Gasteiger partial charge in [0.25, 0.3) is 5.91 Å². The molecule has 92 valence electrons. The molecule has 0 saturated carbocycles. The molecular weight excluding hydrogens is 220 g/mol. The van der Waals surface area contributed by atoms with Crippen molar-refractivity contribution >= 4 is 23.2 Å². The van der Waals surface area contributed by atoms with Crippen LogP contribution in [0.3, 0.4) is 0 Å². The van der Waals surface area contributed by atoms with Gasteiger partial charge in [0.2, 0.25) is 5.91 Å². The summed E-state index contributed by atoms with van der Waals surface area (Å²) in [7, 11) is 3.23. The van der Waals surface area contributed by atoms with E-state index < -0.39 is 5.91 Å². The van der Waals surface area contributed by atoms with Gasteiger partial charge in [-0.2, -0.15) is 0 Å². The van der Waals surface area contributed by atoms with Gasteiger partial charge in [0.15, 0.2) is 0 Å². The van der Waals surface area contributed by atoms with Crippen LogP contribution in [-0.2, 0) is 4.79 Å². The summed E-state index contributed by atoms with van der Waals surface area (Å²) in [4.78, 5) is 23.9. The SMILES string of the molecule is CNC(=O)c1ccc(N)c(N(C)CC(N)=O)c1. The first-order chi connectivity index (χ1) is 7.95. The van der Waals surface area contributed by atoms with Gasteiger partial charge in [0.05, 0.1) is 17.9 Å². The van der Waals surface area contributed by atoms with E-state index in [-0.39, 0.29) is 12.5 Å². The molecule has 0 aliphatic carbocycles. The molecule has 0 aliphatic rings. The highest BCUT2D eigenvalue weighted by molar-refractivity contribution is 5.96. The van der Waals surface area contributed by atoms with Gasteiger partial charge < -0.3 is 21.7 Å². The van der Waals surface area contributed by atoms with Gasteiger partial charge in [-0.3, -0.25) is 9.59 Å². The smallest absolute Gasteiger partial charge is 0.251 e. The molecule has 0 bridgehead atoms. The minimum Gasteiger partial charge on any atom is -0.397 e. The van der Waals surface area contributed by atoms with E-state index in [1.54, 1.807) is 37.2 Å². The second-order valence-electron chi connectivity index (χ2n) is 3.68. The largest absolute Gasteiger partial charge is 0.397 e. The van der Waals surface area contributed by atoms with E-state index in [1.807, 2.05) is 0 Å². The molecule has 2 amide bonds. The molecule has 0 heterocycles. The predicted molar refractivity (Wildman–Crippen MR) is 66.7 cm³/mol. The van der Waals surface area contributed by atoms with Gasteiger partial charge in [-0.1, -0.05) is 0 Å². The number of hydrogen-bond acceptors (Lipinski definition) is 4. The first kappa shape index (κ1) is 12.8. The van der Waals surface area contributed by atoms with Crippen molar-refractivity contribution in [3.63, 3.8) is 0 Å². The molecule has 0 aliphatic heterocycles. The number of hydrogen-bond donors (Lipinski definition) is 3. The summed E-state index contributed by atoms with van der Waals surface area (Å²) in [6, 6.07) is 4.87. The number of nitrogens with zero attached hydrogens (tertiary/aromatic N) is 1. The first-order valence-corrected chi connectivity index (χ1v) is 5.06. The Morgan fingerprint density at radius 2 is 2.06 bits per heavy atom. The Morgan fingerprint density at radius 1 is 1.41 bits per heavy atom. The van der Waals surface area contributed by atoms with E-state index in [0.717, 1.165) is 0 Å². The molecule has 0 spiro atoms. The number of rotatable bonds is 4. The van der Waals surface area contributed by atoms with Crippen molar-refractivity contribution in [1.82, 2.24) is 5.32 Å². The number of nitrogen functional groups attached to an aromatic ring is 1. The van der Waals surface area contributed by atoms with Gasteiger partial charge in [-0.05, 0) is 18.2 Å². The number of likely N-dealkylation sites (N-methyl/N-ethyl adjacent to an activating group) is 1. The molecule has 0 unspecified atom stereocenters. The third-order valence-corrected chi connectivity index (χ3v) is 2.32. The Hall–Kier alpha value is -2.24. The van der Waals surface area contributed by atoms with Crippen LogP contribution in [0.25, 0.3) is 0 Å². The standard InChI is InChI=1S/C11H16N4O2/c1-14-11(17)7-3-4-8(12)9(5-7)15(2)6-10(13)16/h3-5H,6,12H2,1-2H3,(H2,13,16)(H,14,17). The third-order valence-electron chi connectivity index (χ3n) is 2.32. The van der Waals surface area contributed by atoms with Gasteiger partial charge in [0.1, 0.15) is 0 Å². The fraction of sp³-hybridized carbons (Fsp3) is 0.273. The summed E-state index contributed by atoms with van der Waals surface area (Å²) in [5.74, 6) is -0.670. The van der Waals surface area contributed by atoms with Gasteiger partial charge in [0, 0.05) is 19.7 Å². The normalized spacial score (nSPS) is 9.76. The molecule has 0 radical (unpaired) electrons. The number of benzene rings is 1. The molecule has 5 N–H and O–H groups in total. The van der Waals surface area contributed by atoms with Crippen LogP contribution in [0.5, 0.6) is 0 Å². The molecular formula is C11H16N4O2. The number of anilines is 2. The lowest BCUT2D eigenvalue weighted by Crippen LogP contribution is -2.31. The van der Waals surface area contributed by atoms with Crippen molar-refractivity contribution in [2.45, 2.75) is 0 Å². The number of amides is 2. The highest BCUT2D eigenvalue weighted by Gasteiger charge is 2.11. The van der Waals surface area contributed by atoms with Crippen LogP contribution in [0.4, 0.5) is 11.4 Å². The summed E-state index contributed by atoms with van der Waals surface area (Å²) < 4.78 is 0. The zero-order chi connectivity index (χ0) is 13.0. The summed E-state index contributed by atoms with van der Waals surface area (Å²) in [5, 5.41) is 2.52. The molecule has 6 nitrogen and oxygen atoms in total. The van der Waals surface area contributed by atoms with Crippen LogP contribution < -0.4 is 21.7 Å². The van der Waals surface area contributed by atoms with E-state index >= 15 is 0 Å². The molecule has 6 heteroatoms. The van der Waals surface area contributed by atoms with Crippen molar-refractivity contribution in [3.8, 4) is 0 Å². The molecule has 1 aromatic rings. The van der Waals surface area contributed by atoms with Crippen molar-refractivity contribution in [2.24, 2.45) is 5.73 Å². The van der Waals surface area contributed by atoms with Crippen LogP contribution >= 0.6 is 0 Å². The van der Waals surface area contributed by atoms with Crippen LogP contribution in [0.15, 0.2) is 18.2 Å². The Morgan fingerprint density at radius 3 is 2.59 bits per heavy atom. The van der Waals surface area contributed by atoms with Crippen LogP contribution in [0.2, 0.25) is 0 Å². The van der Waals surface area contributed by atoms with E-state index in [0.29, 0.717) is 16.9 Å². The van der Waals surface area contributed by atoms with E-state index in [9.17, 15) is 9.59 Å². The monoisotopic (exact) mass is 236 g/mol. The van der Waals surface area contributed by atoms with E-state index in [1.165, 1.54) is 0 Å². The Kier molecular flexibility index (Phi) is 3.92. The minimum absolute atomic E-state index is 0.0431. The first-order valence-electron chi connectivity index (χ1n) is 5.06. The van der Waals surface area contributed by atoms with Crippen molar-refractivity contribution in [2.75, 3.05) is 31.3 Å². The third kappa shape index (κ3) is 3.10. The van der Waals surface area contributed by atoms with Gasteiger partial charge >= 0.3 is 0 Å². The average Bonchev–Trinajstić information content (AvgIpc) is 2.27. The van der Waals surface area contributed by atoms with Crippen LogP contribution in [0.1, 0.15) is 10.4 Å². The average molecular weight is 236 g/mol. The zero-order valence-corrected chi connectivity index (χ0v) is 9.86. The number of nitrogens with two attached hydrogens (primary N) is 2. The van der Waals surface area contributed by atoms with Crippen molar-refractivity contribution < 1.29 is 9.59 Å². The maximum Gasteiger partial charge on any atom is 0.251 e.